The minimum atomic E-state index is 0.250. The Morgan fingerprint density at radius 1 is 1.45 bits per heavy atom. The lowest BCUT2D eigenvalue weighted by molar-refractivity contribution is 0.0623. The highest BCUT2D eigenvalue weighted by Crippen LogP contribution is 2.07. The van der Waals surface area contributed by atoms with E-state index in [4.69, 9.17) is 10.6 Å². The Balaban J connectivity index is 3.76. The summed E-state index contributed by atoms with van der Waals surface area (Å²) < 4.78 is 5.26. The summed E-state index contributed by atoms with van der Waals surface area (Å²) in [5.74, 6) is 5.38. The van der Waals surface area contributed by atoms with Crippen LogP contribution in [0.1, 0.15) is 33.1 Å². The van der Waals surface area contributed by atoms with Gasteiger partial charge < -0.3 is 4.74 Å². The molecule has 2 unspecified atom stereocenters. The molecule has 0 amide bonds. The number of ether oxygens (including phenoxy) is 1. The molecule has 11 heavy (non-hydrogen) atoms. The Bertz CT molecular complexity index is 84.2. The van der Waals surface area contributed by atoms with Crippen molar-refractivity contribution in [3.8, 4) is 0 Å². The van der Waals surface area contributed by atoms with Crippen LogP contribution in [-0.2, 0) is 4.74 Å². The van der Waals surface area contributed by atoms with Crippen LogP contribution in [0.15, 0.2) is 0 Å². The average molecular weight is 160 g/mol. The Labute approximate surface area is 69.3 Å². The van der Waals surface area contributed by atoms with Crippen molar-refractivity contribution >= 4 is 0 Å². The third kappa shape index (κ3) is 3.70. The molecule has 0 aliphatic carbocycles. The molecule has 0 saturated carbocycles. The van der Waals surface area contributed by atoms with Crippen molar-refractivity contribution in [3.05, 3.63) is 0 Å². The molecule has 0 heterocycles. The van der Waals surface area contributed by atoms with Crippen molar-refractivity contribution < 1.29 is 4.74 Å². The zero-order chi connectivity index (χ0) is 8.69. The Hall–Kier alpha value is -0.120. The van der Waals surface area contributed by atoms with Crippen molar-refractivity contribution in [1.82, 2.24) is 5.43 Å². The normalized spacial score (nSPS) is 16.4. The first-order valence-electron chi connectivity index (χ1n) is 4.29. The van der Waals surface area contributed by atoms with E-state index in [-0.39, 0.29) is 6.10 Å². The van der Waals surface area contributed by atoms with Crippen LogP contribution in [0.25, 0.3) is 0 Å². The summed E-state index contributed by atoms with van der Waals surface area (Å²) in [5.41, 5.74) is 2.78. The van der Waals surface area contributed by atoms with Gasteiger partial charge in [-0.2, -0.15) is 0 Å². The van der Waals surface area contributed by atoms with Gasteiger partial charge >= 0.3 is 0 Å². The van der Waals surface area contributed by atoms with Crippen LogP contribution in [0.4, 0.5) is 0 Å². The van der Waals surface area contributed by atoms with Crippen LogP contribution in [0.3, 0.4) is 0 Å². The molecule has 0 aromatic carbocycles. The van der Waals surface area contributed by atoms with E-state index in [2.05, 4.69) is 19.3 Å². The van der Waals surface area contributed by atoms with E-state index in [1.165, 1.54) is 0 Å². The first-order chi connectivity index (χ1) is 5.29. The summed E-state index contributed by atoms with van der Waals surface area (Å²) in [7, 11) is 1.73. The second kappa shape index (κ2) is 6.58. The molecule has 0 aromatic rings. The molecule has 0 rings (SSSR count). The zero-order valence-corrected chi connectivity index (χ0v) is 7.76. The molecule has 0 aromatic heterocycles. The molecular weight excluding hydrogens is 140 g/mol. The summed E-state index contributed by atoms with van der Waals surface area (Å²) in [5, 5.41) is 0. The highest BCUT2D eigenvalue weighted by molar-refractivity contribution is 4.72. The van der Waals surface area contributed by atoms with Crippen molar-refractivity contribution in [2.45, 2.75) is 45.3 Å². The summed E-state index contributed by atoms with van der Waals surface area (Å²) in [6, 6.07) is 0.301. The number of rotatable bonds is 6. The van der Waals surface area contributed by atoms with Gasteiger partial charge in [0.2, 0.25) is 0 Å². The Kier molecular flexibility index (Phi) is 6.51. The van der Waals surface area contributed by atoms with Gasteiger partial charge in [-0.05, 0) is 12.8 Å². The lowest BCUT2D eigenvalue weighted by Crippen LogP contribution is -2.44. The quantitative estimate of drug-likeness (QED) is 0.451. The monoisotopic (exact) mass is 160 g/mol. The van der Waals surface area contributed by atoms with E-state index >= 15 is 0 Å². The molecule has 0 fully saturated rings. The lowest BCUT2D eigenvalue weighted by atomic mass is 10.0. The molecule has 3 heteroatoms. The number of methoxy groups -OCH3 is 1. The topological polar surface area (TPSA) is 47.3 Å². The molecule has 0 saturated heterocycles. The number of nitrogens with two attached hydrogens (primary N) is 1. The molecule has 68 valence electrons. The minimum absolute atomic E-state index is 0.250. The van der Waals surface area contributed by atoms with Crippen LogP contribution in [0, 0.1) is 0 Å². The molecule has 0 bridgehead atoms. The second-order valence-electron chi connectivity index (χ2n) is 2.74. The van der Waals surface area contributed by atoms with E-state index in [9.17, 15) is 0 Å². The summed E-state index contributed by atoms with van der Waals surface area (Å²) in [6.45, 7) is 4.25. The minimum Gasteiger partial charge on any atom is -0.380 e. The maximum Gasteiger partial charge on any atom is 0.0735 e. The van der Waals surface area contributed by atoms with Crippen LogP contribution in [0.5, 0.6) is 0 Å². The van der Waals surface area contributed by atoms with Gasteiger partial charge in [0.1, 0.15) is 0 Å². The maximum atomic E-state index is 5.38. The number of hydrogen-bond acceptors (Lipinski definition) is 3. The fraction of sp³-hybridized carbons (Fsp3) is 1.00. The van der Waals surface area contributed by atoms with Gasteiger partial charge in [-0.1, -0.05) is 20.3 Å². The van der Waals surface area contributed by atoms with Gasteiger partial charge in [0.15, 0.2) is 0 Å². The van der Waals surface area contributed by atoms with Crippen molar-refractivity contribution in [3.63, 3.8) is 0 Å². The molecule has 0 aliphatic heterocycles. The van der Waals surface area contributed by atoms with Crippen LogP contribution in [0.2, 0.25) is 0 Å². The van der Waals surface area contributed by atoms with Gasteiger partial charge in [-0.3, -0.25) is 11.3 Å². The van der Waals surface area contributed by atoms with Crippen LogP contribution >= 0.6 is 0 Å². The molecule has 3 N–H and O–H groups in total. The summed E-state index contributed by atoms with van der Waals surface area (Å²) in [6.07, 6.45) is 3.46. The first kappa shape index (κ1) is 10.9. The standard InChI is InChI=1S/C8H20N2O/c1-4-6-7(10-9)8(5-2)11-3/h7-8,10H,4-6,9H2,1-3H3. The first-order valence-corrected chi connectivity index (χ1v) is 4.29. The van der Waals surface area contributed by atoms with Gasteiger partial charge in [0.25, 0.3) is 0 Å². The molecular formula is C8H20N2O. The van der Waals surface area contributed by atoms with E-state index in [0.717, 1.165) is 19.3 Å². The predicted octanol–water partition coefficient (Wildman–Crippen LogP) is 1.04. The molecule has 0 aliphatic rings. The van der Waals surface area contributed by atoms with E-state index in [0.29, 0.717) is 6.04 Å². The lowest BCUT2D eigenvalue weighted by Gasteiger charge is -2.23. The van der Waals surface area contributed by atoms with E-state index in [1.807, 2.05) is 0 Å². The van der Waals surface area contributed by atoms with Crippen LogP contribution in [-0.4, -0.2) is 19.3 Å². The number of hydrogen-bond donors (Lipinski definition) is 2. The Morgan fingerprint density at radius 3 is 2.36 bits per heavy atom. The highest BCUT2D eigenvalue weighted by atomic mass is 16.5. The summed E-state index contributed by atoms with van der Waals surface area (Å²) in [4.78, 5) is 0. The smallest absolute Gasteiger partial charge is 0.0735 e. The third-order valence-electron chi connectivity index (χ3n) is 1.97. The van der Waals surface area contributed by atoms with E-state index in [1.54, 1.807) is 7.11 Å². The predicted molar refractivity (Wildman–Crippen MR) is 47.1 cm³/mol. The summed E-state index contributed by atoms with van der Waals surface area (Å²) >= 11 is 0. The molecule has 0 radical (unpaired) electrons. The van der Waals surface area contributed by atoms with Gasteiger partial charge in [0.05, 0.1) is 6.10 Å². The number of nitrogens with one attached hydrogen (secondary N) is 1. The fourth-order valence-corrected chi connectivity index (χ4v) is 1.30. The van der Waals surface area contributed by atoms with Crippen molar-refractivity contribution in [2.75, 3.05) is 7.11 Å². The highest BCUT2D eigenvalue weighted by Gasteiger charge is 2.16. The van der Waals surface area contributed by atoms with Crippen LogP contribution < -0.4 is 11.3 Å². The third-order valence-corrected chi connectivity index (χ3v) is 1.97. The largest absolute Gasteiger partial charge is 0.380 e. The fourth-order valence-electron chi connectivity index (χ4n) is 1.30. The average Bonchev–Trinajstić information content (AvgIpc) is 2.05. The van der Waals surface area contributed by atoms with Gasteiger partial charge in [-0.25, -0.2) is 0 Å². The van der Waals surface area contributed by atoms with Gasteiger partial charge in [0, 0.05) is 13.2 Å². The SMILES string of the molecule is CCCC(NN)C(CC)OC. The number of hydrazine groups is 1. The van der Waals surface area contributed by atoms with Crippen molar-refractivity contribution in [2.24, 2.45) is 5.84 Å². The molecule has 3 nitrogen and oxygen atoms in total. The molecule has 0 spiro atoms. The van der Waals surface area contributed by atoms with E-state index < -0.39 is 0 Å². The molecule has 2 atom stereocenters. The zero-order valence-electron chi connectivity index (χ0n) is 7.76. The second-order valence-corrected chi connectivity index (χ2v) is 2.74. The maximum absolute atomic E-state index is 5.38. The Morgan fingerprint density at radius 2 is 2.09 bits per heavy atom. The van der Waals surface area contributed by atoms with Gasteiger partial charge in [-0.15, -0.1) is 0 Å². The van der Waals surface area contributed by atoms with Crippen molar-refractivity contribution in [1.29, 1.82) is 0 Å².